The number of nitrogens with zero attached hydrogens (tertiary/aromatic N) is 2. The van der Waals surface area contributed by atoms with Crippen molar-refractivity contribution in [3.05, 3.63) is 0 Å². The molecule has 1 fully saturated rings. The fourth-order valence-corrected chi connectivity index (χ4v) is 1.38. The molecule has 0 amide bonds. The first-order chi connectivity index (χ1) is 5.38. The first-order valence-corrected chi connectivity index (χ1v) is 4.00. The van der Waals surface area contributed by atoms with Crippen molar-refractivity contribution in [3.8, 4) is 0 Å². The van der Waals surface area contributed by atoms with Crippen LogP contribution in [0.1, 0.15) is 25.7 Å². The van der Waals surface area contributed by atoms with Crippen molar-refractivity contribution in [1.82, 2.24) is 0 Å². The zero-order valence-electron chi connectivity index (χ0n) is 6.29. The molecular weight excluding hydrogens is 140 g/mol. The third kappa shape index (κ3) is 1.11. The first kappa shape index (κ1) is 6.70. The standard InChI is InChI=1S/C8H10N2O/c11-7-4-5-9-10-8(7)6-2-1-3-6/h5-6H,1-4H2. The Balaban J connectivity index is 2.14. The van der Waals surface area contributed by atoms with E-state index in [1.54, 1.807) is 6.21 Å². The van der Waals surface area contributed by atoms with Gasteiger partial charge in [0.25, 0.3) is 0 Å². The fourth-order valence-electron chi connectivity index (χ4n) is 1.38. The number of ketones is 1. The summed E-state index contributed by atoms with van der Waals surface area (Å²) in [7, 11) is 0. The van der Waals surface area contributed by atoms with E-state index < -0.39 is 0 Å². The molecule has 0 N–H and O–H groups in total. The van der Waals surface area contributed by atoms with Crippen LogP contribution in [0.5, 0.6) is 0 Å². The van der Waals surface area contributed by atoms with Crippen LogP contribution in [-0.4, -0.2) is 17.7 Å². The Morgan fingerprint density at radius 2 is 2.27 bits per heavy atom. The lowest BCUT2D eigenvalue weighted by Crippen LogP contribution is -2.30. The zero-order chi connectivity index (χ0) is 7.68. The number of hydrogen-bond donors (Lipinski definition) is 0. The molecule has 0 radical (unpaired) electrons. The second-order valence-corrected chi connectivity index (χ2v) is 3.04. The van der Waals surface area contributed by atoms with E-state index in [1.807, 2.05) is 0 Å². The summed E-state index contributed by atoms with van der Waals surface area (Å²) in [5.74, 6) is 0.602. The minimum Gasteiger partial charge on any atom is -0.292 e. The molecule has 2 rings (SSSR count). The molecule has 0 saturated heterocycles. The maximum atomic E-state index is 11.2. The highest BCUT2D eigenvalue weighted by Crippen LogP contribution is 2.29. The van der Waals surface area contributed by atoms with Gasteiger partial charge >= 0.3 is 0 Å². The lowest BCUT2D eigenvalue weighted by molar-refractivity contribution is -0.112. The smallest absolute Gasteiger partial charge is 0.184 e. The van der Waals surface area contributed by atoms with Crippen molar-refractivity contribution in [1.29, 1.82) is 0 Å². The van der Waals surface area contributed by atoms with E-state index in [1.165, 1.54) is 6.42 Å². The molecular formula is C8H10N2O. The van der Waals surface area contributed by atoms with Gasteiger partial charge in [0.2, 0.25) is 0 Å². The van der Waals surface area contributed by atoms with Gasteiger partial charge in [0.15, 0.2) is 5.78 Å². The van der Waals surface area contributed by atoms with E-state index >= 15 is 0 Å². The Kier molecular flexibility index (Phi) is 1.56. The second-order valence-electron chi connectivity index (χ2n) is 3.04. The number of carbonyl (C=O) groups excluding carboxylic acids is 1. The average molecular weight is 150 g/mol. The van der Waals surface area contributed by atoms with Gasteiger partial charge < -0.3 is 0 Å². The van der Waals surface area contributed by atoms with Gasteiger partial charge in [-0.25, -0.2) is 0 Å². The lowest BCUT2D eigenvalue weighted by atomic mass is 9.80. The van der Waals surface area contributed by atoms with Crippen LogP contribution in [0.25, 0.3) is 0 Å². The average Bonchev–Trinajstić information content (AvgIpc) is 1.90. The van der Waals surface area contributed by atoms with Crippen molar-refractivity contribution in [2.24, 2.45) is 16.1 Å². The summed E-state index contributed by atoms with van der Waals surface area (Å²) >= 11 is 0. The SMILES string of the molecule is O=C1CC=NN=C1C1CCC1. The van der Waals surface area contributed by atoms with Crippen LogP contribution in [0.2, 0.25) is 0 Å². The van der Waals surface area contributed by atoms with E-state index in [4.69, 9.17) is 0 Å². The van der Waals surface area contributed by atoms with Crippen molar-refractivity contribution >= 4 is 17.7 Å². The maximum Gasteiger partial charge on any atom is 0.184 e. The molecule has 0 aromatic carbocycles. The molecule has 1 heterocycles. The summed E-state index contributed by atoms with van der Waals surface area (Å²) in [6, 6.07) is 0. The quantitative estimate of drug-likeness (QED) is 0.553. The van der Waals surface area contributed by atoms with E-state index in [9.17, 15) is 4.79 Å². The first-order valence-electron chi connectivity index (χ1n) is 4.00. The predicted octanol–water partition coefficient (Wildman–Crippen LogP) is 1.19. The minimum atomic E-state index is 0.171. The lowest BCUT2D eigenvalue weighted by Gasteiger charge is -2.25. The minimum absolute atomic E-state index is 0.171. The number of Topliss-reactive ketones (excluding diaryl/α,β-unsaturated/α-hetero) is 1. The highest BCUT2D eigenvalue weighted by atomic mass is 16.1. The Morgan fingerprint density at radius 3 is 2.82 bits per heavy atom. The largest absolute Gasteiger partial charge is 0.292 e. The van der Waals surface area contributed by atoms with Crippen molar-refractivity contribution in [2.75, 3.05) is 0 Å². The van der Waals surface area contributed by atoms with E-state index in [0.717, 1.165) is 18.6 Å². The van der Waals surface area contributed by atoms with Gasteiger partial charge in [-0.2, -0.15) is 10.2 Å². The zero-order valence-corrected chi connectivity index (χ0v) is 6.29. The van der Waals surface area contributed by atoms with Gasteiger partial charge in [-0.05, 0) is 12.8 Å². The van der Waals surface area contributed by atoms with E-state index in [-0.39, 0.29) is 5.78 Å². The molecule has 3 nitrogen and oxygen atoms in total. The second kappa shape index (κ2) is 2.57. The summed E-state index contributed by atoms with van der Waals surface area (Å²) in [6.07, 6.45) is 5.51. The highest BCUT2D eigenvalue weighted by Gasteiger charge is 2.28. The van der Waals surface area contributed by atoms with Crippen LogP contribution in [0.15, 0.2) is 10.2 Å². The number of carbonyl (C=O) groups is 1. The molecule has 2 aliphatic rings. The van der Waals surface area contributed by atoms with Gasteiger partial charge in [-0.3, -0.25) is 4.79 Å². The molecule has 11 heavy (non-hydrogen) atoms. The molecule has 0 unspecified atom stereocenters. The Hall–Kier alpha value is -0.990. The molecule has 1 saturated carbocycles. The molecule has 0 aromatic rings. The molecule has 58 valence electrons. The fraction of sp³-hybridized carbons (Fsp3) is 0.625. The molecule has 3 heteroatoms. The Morgan fingerprint density at radius 1 is 1.45 bits per heavy atom. The van der Waals surface area contributed by atoms with Gasteiger partial charge in [-0.15, -0.1) is 0 Å². The summed E-state index contributed by atoms with van der Waals surface area (Å²) < 4.78 is 0. The third-order valence-corrected chi connectivity index (χ3v) is 2.30. The van der Waals surface area contributed by atoms with E-state index in [0.29, 0.717) is 12.3 Å². The topological polar surface area (TPSA) is 41.8 Å². The van der Waals surface area contributed by atoms with Gasteiger partial charge in [-0.1, -0.05) is 6.42 Å². The van der Waals surface area contributed by atoms with Crippen LogP contribution in [0.3, 0.4) is 0 Å². The van der Waals surface area contributed by atoms with Crippen LogP contribution >= 0.6 is 0 Å². The molecule has 0 spiro atoms. The highest BCUT2D eigenvalue weighted by molar-refractivity contribution is 6.43. The normalized spacial score (nSPS) is 24.7. The van der Waals surface area contributed by atoms with Crippen molar-refractivity contribution in [3.63, 3.8) is 0 Å². The molecule has 0 aromatic heterocycles. The van der Waals surface area contributed by atoms with Gasteiger partial charge in [0, 0.05) is 18.6 Å². The third-order valence-electron chi connectivity index (χ3n) is 2.30. The van der Waals surface area contributed by atoms with E-state index in [2.05, 4.69) is 10.2 Å². The predicted molar refractivity (Wildman–Crippen MR) is 42.9 cm³/mol. The monoisotopic (exact) mass is 150 g/mol. The summed E-state index contributed by atoms with van der Waals surface area (Å²) in [5, 5.41) is 7.62. The maximum absolute atomic E-state index is 11.2. The number of rotatable bonds is 1. The Bertz CT molecular complexity index is 238. The van der Waals surface area contributed by atoms with Crippen molar-refractivity contribution < 1.29 is 4.79 Å². The van der Waals surface area contributed by atoms with Crippen molar-refractivity contribution in [2.45, 2.75) is 25.7 Å². The van der Waals surface area contributed by atoms with Gasteiger partial charge in [0.1, 0.15) is 5.71 Å². The Labute approximate surface area is 65.2 Å². The molecule has 1 aliphatic heterocycles. The van der Waals surface area contributed by atoms with Crippen LogP contribution in [0.4, 0.5) is 0 Å². The summed E-state index contributed by atoms with van der Waals surface area (Å²) in [4.78, 5) is 11.2. The molecule has 0 bridgehead atoms. The molecule has 0 atom stereocenters. The summed E-state index contributed by atoms with van der Waals surface area (Å²) in [5.41, 5.74) is 0.721. The molecule has 1 aliphatic carbocycles. The summed E-state index contributed by atoms with van der Waals surface area (Å²) in [6.45, 7) is 0. The van der Waals surface area contributed by atoms with Gasteiger partial charge in [0.05, 0.1) is 0 Å². The van der Waals surface area contributed by atoms with Crippen LogP contribution < -0.4 is 0 Å². The van der Waals surface area contributed by atoms with Crippen LogP contribution in [-0.2, 0) is 4.79 Å². The van der Waals surface area contributed by atoms with Crippen LogP contribution in [0, 0.1) is 5.92 Å². The number of hydrogen-bond acceptors (Lipinski definition) is 3.